The Morgan fingerprint density at radius 1 is 1.15 bits per heavy atom. The maximum Gasteiger partial charge on any atom is 0.125 e. The smallest absolute Gasteiger partial charge is 0.125 e. The first kappa shape index (κ1) is 13.9. The van der Waals surface area contributed by atoms with Gasteiger partial charge in [-0.3, -0.25) is 0 Å². The highest BCUT2D eigenvalue weighted by Crippen LogP contribution is 2.39. The number of anilines is 3. The van der Waals surface area contributed by atoms with Crippen LogP contribution in [0.3, 0.4) is 0 Å². The first-order valence-electron chi connectivity index (χ1n) is 6.23. The van der Waals surface area contributed by atoms with Gasteiger partial charge in [-0.05, 0) is 30.3 Å². The van der Waals surface area contributed by atoms with E-state index in [2.05, 4.69) is 23.1 Å². The molecule has 0 aliphatic carbocycles. The topological polar surface area (TPSA) is 41.3 Å². The molecule has 0 radical (unpaired) electrons. The summed E-state index contributed by atoms with van der Waals surface area (Å²) in [6.45, 7) is 0.450. The predicted molar refractivity (Wildman–Crippen MR) is 81.3 cm³/mol. The van der Waals surface area contributed by atoms with E-state index >= 15 is 0 Å². The number of para-hydroxylation sites is 1. The SMILES string of the molecule is C#C.NCC1Nc2cc(F)ccc2N1c1ccccc1. The monoisotopic (exact) mass is 269 g/mol. The first-order chi connectivity index (χ1) is 9.79. The summed E-state index contributed by atoms with van der Waals surface area (Å²) < 4.78 is 13.2. The van der Waals surface area contributed by atoms with Crippen molar-refractivity contribution in [3.63, 3.8) is 0 Å². The largest absolute Gasteiger partial charge is 0.362 e. The van der Waals surface area contributed by atoms with E-state index in [-0.39, 0.29) is 12.0 Å². The summed E-state index contributed by atoms with van der Waals surface area (Å²) in [7, 11) is 0. The molecule has 1 unspecified atom stereocenters. The van der Waals surface area contributed by atoms with Crippen molar-refractivity contribution in [1.82, 2.24) is 0 Å². The van der Waals surface area contributed by atoms with Gasteiger partial charge in [0.1, 0.15) is 12.0 Å². The van der Waals surface area contributed by atoms with E-state index in [1.54, 1.807) is 6.07 Å². The lowest BCUT2D eigenvalue weighted by Crippen LogP contribution is -2.38. The van der Waals surface area contributed by atoms with Gasteiger partial charge in [-0.2, -0.15) is 0 Å². The Balaban J connectivity index is 0.000000704. The Hall–Kier alpha value is -2.51. The third kappa shape index (κ3) is 2.44. The highest BCUT2D eigenvalue weighted by Gasteiger charge is 2.28. The molecule has 0 fully saturated rings. The van der Waals surface area contributed by atoms with Crippen LogP contribution >= 0.6 is 0 Å². The Bertz CT molecular complexity index is 595. The van der Waals surface area contributed by atoms with Gasteiger partial charge in [0.05, 0.1) is 11.4 Å². The van der Waals surface area contributed by atoms with Crippen molar-refractivity contribution >= 4 is 17.1 Å². The van der Waals surface area contributed by atoms with Crippen LogP contribution in [-0.2, 0) is 0 Å². The van der Waals surface area contributed by atoms with Crippen LogP contribution in [-0.4, -0.2) is 12.7 Å². The van der Waals surface area contributed by atoms with Gasteiger partial charge in [0.2, 0.25) is 0 Å². The van der Waals surface area contributed by atoms with Crippen LogP contribution in [0.1, 0.15) is 0 Å². The van der Waals surface area contributed by atoms with Crippen LogP contribution in [0.15, 0.2) is 48.5 Å². The third-order valence-corrected chi connectivity index (χ3v) is 3.11. The number of hydrogen-bond donors (Lipinski definition) is 2. The molecular weight excluding hydrogens is 253 g/mol. The van der Waals surface area contributed by atoms with Gasteiger partial charge in [-0.25, -0.2) is 4.39 Å². The zero-order chi connectivity index (χ0) is 14.5. The fourth-order valence-corrected chi connectivity index (χ4v) is 2.32. The molecule has 3 rings (SSSR count). The molecule has 3 N–H and O–H groups in total. The highest BCUT2D eigenvalue weighted by atomic mass is 19.1. The summed E-state index contributed by atoms with van der Waals surface area (Å²) in [5.41, 5.74) is 8.57. The summed E-state index contributed by atoms with van der Waals surface area (Å²) in [5, 5.41) is 3.23. The molecule has 0 saturated carbocycles. The number of benzene rings is 2. The van der Waals surface area contributed by atoms with Crippen molar-refractivity contribution in [2.75, 3.05) is 16.8 Å². The van der Waals surface area contributed by atoms with Crippen molar-refractivity contribution in [2.45, 2.75) is 6.17 Å². The summed E-state index contributed by atoms with van der Waals surface area (Å²) in [5.74, 6) is -0.244. The standard InChI is InChI=1S/C14H14FN3.C2H2/c15-10-6-7-13-12(8-10)17-14(9-16)18(13)11-4-2-1-3-5-11;1-2/h1-8,14,17H,9,16H2;1-2H. The number of hydrogen-bond acceptors (Lipinski definition) is 3. The number of nitrogens with one attached hydrogen (secondary N) is 1. The van der Waals surface area contributed by atoms with Crippen LogP contribution in [0.5, 0.6) is 0 Å². The molecule has 2 aromatic rings. The Kier molecular flexibility index (Phi) is 4.24. The van der Waals surface area contributed by atoms with Crippen molar-refractivity contribution in [3.8, 4) is 12.8 Å². The number of nitrogens with zero attached hydrogens (tertiary/aromatic N) is 1. The van der Waals surface area contributed by atoms with E-state index in [0.29, 0.717) is 6.54 Å². The van der Waals surface area contributed by atoms with E-state index in [4.69, 9.17) is 5.73 Å². The number of terminal acetylenes is 1. The summed E-state index contributed by atoms with van der Waals surface area (Å²) in [4.78, 5) is 2.09. The normalized spacial score (nSPS) is 15.8. The van der Waals surface area contributed by atoms with E-state index in [9.17, 15) is 4.39 Å². The van der Waals surface area contributed by atoms with Crippen LogP contribution in [0.25, 0.3) is 0 Å². The lowest BCUT2D eigenvalue weighted by atomic mass is 10.2. The number of rotatable bonds is 2. The van der Waals surface area contributed by atoms with E-state index in [1.807, 2.05) is 30.3 Å². The van der Waals surface area contributed by atoms with Crippen LogP contribution < -0.4 is 16.0 Å². The van der Waals surface area contributed by atoms with Crippen molar-refractivity contribution < 1.29 is 4.39 Å². The maximum atomic E-state index is 13.2. The van der Waals surface area contributed by atoms with E-state index < -0.39 is 0 Å². The molecular formula is C16H16FN3. The zero-order valence-electron chi connectivity index (χ0n) is 11.0. The molecule has 0 amide bonds. The molecule has 0 bridgehead atoms. The molecule has 20 heavy (non-hydrogen) atoms. The molecule has 2 aromatic carbocycles. The van der Waals surface area contributed by atoms with Gasteiger partial charge < -0.3 is 16.0 Å². The number of fused-ring (bicyclic) bond motifs is 1. The van der Waals surface area contributed by atoms with Crippen molar-refractivity contribution in [3.05, 3.63) is 54.3 Å². The van der Waals surface area contributed by atoms with Crippen LogP contribution in [0.2, 0.25) is 0 Å². The van der Waals surface area contributed by atoms with Crippen LogP contribution in [0.4, 0.5) is 21.5 Å². The second-order valence-corrected chi connectivity index (χ2v) is 4.26. The first-order valence-corrected chi connectivity index (χ1v) is 6.23. The number of nitrogens with two attached hydrogens (primary N) is 1. The highest BCUT2D eigenvalue weighted by molar-refractivity contribution is 5.82. The van der Waals surface area contributed by atoms with Gasteiger partial charge in [0.15, 0.2) is 0 Å². The molecule has 0 saturated heterocycles. The fourth-order valence-electron chi connectivity index (χ4n) is 2.32. The third-order valence-electron chi connectivity index (χ3n) is 3.11. The average Bonchev–Trinajstić information content (AvgIpc) is 2.87. The summed E-state index contributed by atoms with van der Waals surface area (Å²) in [6, 6.07) is 14.7. The zero-order valence-corrected chi connectivity index (χ0v) is 11.0. The molecule has 0 spiro atoms. The van der Waals surface area contributed by atoms with E-state index in [1.165, 1.54) is 12.1 Å². The number of halogens is 1. The Morgan fingerprint density at radius 2 is 1.85 bits per heavy atom. The maximum absolute atomic E-state index is 13.2. The van der Waals surface area contributed by atoms with Gasteiger partial charge in [0, 0.05) is 12.2 Å². The van der Waals surface area contributed by atoms with E-state index in [0.717, 1.165) is 17.1 Å². The molecule has 1 atom stereocenters. The predicted octanol–water partition coefficient (Wildman–Crippen LogP) is 2.92. The minimum Gasteiger partial charge on any atom is -0.362 e. The van der Waals surface area contributed by atoms with Gasteiger partial charge >= 0.3 is 0 Å². The lowest BCUT2D eigenvalue weighted by Gasteiger charge is -2.25. The molecule has 1 aliphatic heterocycles. The molecule has 102 valence electrons. The van der Waals surface area contributed by atoms with Crippen molar-refractivity contribution in [2.24, 2.45) is 5.73 Å². The Labute approximate surface area is 118 Å². The van der Waals surface area contributed by atoms with Crippen LogP contribution in [0, 0.1) is 18.7 Å². The minimum atomic E-state index is -0.244. The molecule has 1 aliphatic rings. The lowest BCUT2D eigenvalue weighted by molar-refractivity contribution is 0.628. The summed E-state index contributed by atoms with van der Waals surface area (Å²) in [6.07, 6.45) is 7.96. The van der Waals surface area contributed by atoms with Crippen molar-refractivity contribution in [1.29, 1.82) is 0 Å². The second-order valence-electron chi connectivity index (χ2n) is 4.26. The molecule has 3 nitrogen and oxygen atoms in total. The molecule has 1 heterocycles. The summed E-state index contributed by atoms with van der Waals surface area (Å²) >= 11 is 0. The second kappa shape index (κ2) is 6.09. The molecule has 4 heteroatoms. The minimum absolute atomic E-state index is 0.0378. The Morgan fingerprint density at radius 3 is 2.50 bits per heavy atom. The molecule has 0 aromatic heterocycles. The fraction of sp³-hybridized carbons (Fsp3) is 0.125. The van der Waals surface area contributed by atoms with Gasteiger partial charge in [-0.15, -0.1) is 12.8 Å². The average molecular weight is 269 g/mol. The quantitative estimate of drug-likeness (QED) is 0.824. The van der Waals surface area contributed by atoms with Gasteiger partial charge in [0.25, 0.3) is 0 Å². The van der Waals surface area contributed by atoms with Gasteiger partial charge in [-0.1, -0.05) is 18.2 Å².